The second-order valence-corrected chi connectivity index (χ2v) is 8.17. The highest BCUT2D eigenvalue weighted by Crippen LogP contribution is 2.34. The van der Waals surface area contributed by atoms with E-state index < -0.39 is 0 Å². The zero-order valence-corrected chi connectivity index (χ0v) is 15.9. The lowest BCUT2D eigenvalue weighted by Gasteiger charge is -2.29. The van der Waals surface area contributed by atoms with Crippen molar-refractivity contribution in [2.24, 2.45) is 0 Å². The van der Waals surface area contributed by atoms with Crippen molar-refractivity contribution in [2.45, 2.75) is 43.9 Å². The van der Waals surface area contributed by atoms with Gasteiger partial charge in [0.1, 0.15) is 28.8 Å². The highest BCUT2D eigenvalue weighted by atomic mass is 16.5. The van der Waals surface area contributed by atoms with Gasteiger partial charge in [0, 0.05) is 34.5 Å². The number of hydrogen-bond donors (Lipinski definition) is 1. The molecule has 0 spiro atoms. The normalized spacial score (nSPS) is 23.7. The second-order valence-electron chi connectivity index (χ2n) is 8.17. The fourth-order valence-corrected chi connectivity index (χ4v) is 4.74. The quantitative estimate of drug-likeness (QED) is 0.508. The summed E-state index contributed by atoms with van der Waals surface area (Å²) in [6.45, 7) is 0. The molecule has 6 rings (SSSR count). The van der Waals surface area contributed by atoms with Crippen molar-refractivity contribution in [3.63, 3.8) is 0 Å². The summed E-state index contributed by atoms with van der Waals surface area (Å²) in [4.78, 5) is 11.5. The second kappa shape index (κ2) is 6.49. The van der Waals surface area contributed by atoms with E-state index in [-0.39, 0.29) is 11.7 Å². The predicted octanol–water partition coefficient (Wildman–Crippen LogP) is 4.87. The molecule has 1 N–H and O–H groups in total. The monoisotopic (exact) mass is 387 g/mol. The fourth-order valence-electron chi connectivity index (χ4n) is 4.74. The van der Waals surface area contributed by atoms with E-state index in [9.17, 15) is 4.79 Å². The Morgan fingerprint density at radius 1 is 0.828 bits per heavy atom. The number of rotatable bonds is 3. The summed E-state index contributed by atoms with van der Waals surface area (Å²) < 4.78 is 17.6. The van der Waals surface area contributed by atoms with Crippen LogP contribution in [0.4, 0.5) is 0 Å². The number of nitrogens with one attached hydrogen (secondary N) is 1. The molecule has 0 aliphatic carbocycles. The topological polar surface area (TPSA) is 64.6 Å². The maximum atomic E-state index is 11.5. The Kier molecular flexibility index (Phi) is 3.78. The lowest BCUT2D eigenvalue weighted by molar-refractivity contribution is 0.137. The van der Waals surface area contributed by atoms with E-state index in [1.807, 2.05) is 42.5 Å². The Morgan fingerprint density at radius 3 is 2.52 bits per heavy atom. The van der Waals surface area contributed by atoms with Crippen LogP contribution in [0.3, 0.4) is 0 Å². The minimum Gasteiger partial charge on any atom is -0.490 e. The first-order chi connectivity index (χ1) is 14.2. The summed E-state index contributed by atoms with van der Waals surface area (Å²) in [6.07, 6.45) is 4.96. The van der Waals surface area contributed by atoms with Crippen LogP contribution in [-0.4, -0.2) is 18.2 Å². The van der Waals surface area contributed by atoms with E-state index >= 15 is 0 Å². The summed E-state index contributed by atoms with van der Waals surface area (Å²) >= 11 is 0. The standard InChI is InChI=1S/C24H21NO4/c26-24-8-3-14-1-2-15(10-22(14)29-24)23-11-16-9-19(6-7-21(16)28-23)27-20-12-17-4-5-18(13-20)25-17/h1-3,6-11,17-18,20,25H,4-5,12-13H2/t17-,18+,20?. The van der Waals surface area contributed by atoms with Crippen LogP contribution in [0.2, 0.25) is 0 Å². The average Bonchev–Trinajstić information content (AvgIpc) is 3.29. The van der Waals surface area contributed by atoms with Crippen molar-refractivity contribution in [3.05, 3.63) is 65.0 Å². The highest BCUT2D eigenvalue weighted by Gasteiger charge is 2.34. The number of piperidine rings is 1. The molecule has 4 aromatic rings. The molecular weight excluding hydrogens is 366 g/mol. The molecule has 0 saturated carbocycles. The van der Waals surface area contributed by atoms with Gasteiger partial charge in [0.15, 0.2) is 0 Å². The third kappa shape index (κ3) is 3.12. The van der Waals surface area contributed by atoms with Gasteiger partial charge in [-0.1, -0.05) is 12.1 Å². The van der Waals surface area contributed by atoms with Crippen LogP contribution in [0.25, 0.3) is 33.3 Å². The third-order valence-corrected chi connectivity index (χ3v) is 6.13. The van der Waals surface area contributed by atoms with Crippen molar-refractivity contribution in [3.8, 4) is 17.1 Å². The molecular formula is C24H21NO4. The molecule has 5 nitrogen and oxygen atoms in total. The molecule has 146 valence electrons. The van der Waals surface area contributed by atoms with E-state index in [2.05, 4.69) is 5.32 Å². The van der Waals surface area contributed by atoms with Crippen LogP contribution in [-0.2, 0) is 0 Å². The predicted molar refractivity (Wildman–Crippen MR) is 111 cm³/mol. The molecule has 29 heavy (non-hydrogen) atoms. The molecule has 5 heteroatoms. The fraction of sp³-hybridized carbons (Fsp3) is 0.292. The molecule has 2 aromatic carbocycles. The van der Waals surface area contributed by atoms with Crippen molar-refractivity contribution in [2.75, 3.05) is 0 Å². The first kappa shape index (κ1) is 16.9. The lowest BCUT2D eigenvalue weighted by Crippen LogP contribution is -2.42. The molecule has 0 amide bonds. The third-order valence-electron chi connectivity index (χ3n) is 6.13. The SMILES string of the molecule is O=c1ccc2ccc(-c3cc4cc(OC5C[C@H]6CC[C@@H](C5)N6)ccc4o3)cc2o1. The Labute approximate surface area is 167 Å². The number of hydrogen-bond acceptors (Lipinski definition) is 5. The molecule has 3 atom stereocenters. The molecule has 4 heterocycles. The molecule has 2 fully saturated rings. The van der Waals surface area contributed by atoms with Gasteiger partial charge >= 0.3 is 5.63 Å². The van der Waals surface area contributed by atoms with Crippen LogP contribution < -0.4 is 15.7 Å². The van der Waals surface area contributed by atoms with E-state index in [0.29, 0.717) is 17.7 Å². The van der Waals surface area contributed by atoms with E-state index in [4.69, 9.17) is 13.6 Å². The number of fused-ring (bicyclic) bond motifs is 4. The van der Waals surface area contributed by atoms with Gasteiger partial charge in [0.2, 0.25) is 0 Å². The number of benzene rings is 2. The van der Waals surface area contributed by atoms with Gasteiger partial charge in [-0.15, -0.1) is 0 Å². The van der Waals surface area contributed by atoms with Crippen LogP contribution in [0.1, 0.15) is 25.7 Å². The summed E-state index contributed by atoms with van der Waals surface area (Å²) in [5.74, 6) is 1.63. The minimum absolute atomic E-state index is 0.279. The minimum atomic E-state index is -0.354. The summed E-state index contributed by atoms with van der Waals surface area (Å²) in [5.41, 5.74) is 1.89. The van der Waals surface area contributed by atoms with Crippen LogP contribution in [0.5, 0.6) is 5.75 Å². The van der Waals surface area contributed by atoms with E-state index in [1.165, 1.54) is 18.9 Å². The Morgan fingerprint density at radius 2 is 1.66 bits per heavy atom. The van der Waals surface area contributed by atoms with Gasteiger partial charge < -0.3 is 18.9 Å². The van der Waals surface area contributed by atoms with Gasteiger partial charge in [0.05, 0.1) is 0 Å². The molecule has 2 aromatic heterocycles. The van der Waals surface area contributed by atoms with Gasteiger partial charge in [-0.2, -0.15) is 0 Å². The van der Waals surface area contributed by atoms with Gasteiger partial charge in [0.25, 0.3) is 0 Å². The molecule has 1 unspecified atom stereocenters. The Bertz CT molecular complexity index is 1260. The highest BCUT2D eigenvalue weighted by molar-refractivity contribution is 5.87. The van der Waals surface area contributed by atoms with Crippen LogP contribution >= 0.6 is 0 Å². The first-order valence-electron chi connectivity index (χ1n) is 10.2. The zero-order chi connectivity index (χ0) is 19.4. The van der Waals surface area contributed by atoms with Crippen LogP contribution in [0.15, 0.2) is 68.2 Å². The lowest BCUT2D eigenvalue weighted by atomic mass is 10.0. The number of ether oxygens (including phenoxy) is 1. The van der Waals surface area contributed by atoms with Crippen molar-refractivity contribution in [1.82, 2.24) is 5.32 Å². The number of furan rings is 1. The Hall–Kier alpha value is -3.05. The maximum absolute atomic E-state index is 11.5. The van der Waals surface area contributed by atoms with Crippen LogP contribution in [0, 0.1) is 0 Å². The van der Waals surface area contributed by atoms with Crippen molar-refractivity contribution in [1.29, 1.82) is 0 Å². The summed E-state index contributed by atoms with van der Waals surface area (Å²) in [5, 5.41) is 5.54. The smallest absolute Gasteiger partial charge is 0.336 e. The van der Waals surface area contributed by atoms with Gasteiger partial charge in [-0.25, -0.2) is 4.79 Å². The molecule has 2 saturated heterocycles. The van der Waals surface area contributed by atoms with Crippen molar-refractivity contribution >= 4 is 21.9 Å². The van der Waals surface area contributed by atoms with E-state index in [1.54, 1.807) is 6.07 Å². The van der Waals surface area contributed by atoms with E-state index in [0.717, 1.165) is 46.3 Å². The summed E-state index contributed by atoms with van der Waals surface area (Å²) in [7, 11) is 0. The zero-order valence-electron chi connectivity index (χ0n) is 15.9. The molecule has 2 bridgehead atoms. The first-order valence-corrected chi connectivity index (χ1v) is 10.2. The molecule has 0 radical (unpaired) electrons. The summed E-state index contributed by atoms with van der Waals surface area (Å²) in [6, 6.07) is 18.2. The maximum Gasteiger partial charge on any atom is 0.336 e. The average molecular weight is 387 g/mol. The molecule has 2 aliphatic rings. The van der Waals surface area contributed by atoms with Crippen molar-refractivity contribution < 1.29 is 13.6 Å². The Balaban J connectivity index is 1.30. The van der Waals surface area contributed by atoms with Gasteiger partial charge in [-0.05, 0) is 62.1 Å². The molecule has 2 aliphatic heterocycles. The largest absolute Gasteiger partial charge is 0.490 e. The van der Waals surface area contributed by atoms with Gasteiger partial charge in [-0.3, -0.25) is 0 Å².